The van der Waals surface area contributed by atoms with Crippen LogP contribution in [0, 0.1) is 11.3 Å². The number of benzene rings is 1. The van der Waals surface area contributed by atoms with Crippen LogP contribution in [0.1, 0.15) is 19.3 Å². The van der Waals surface area contributed by atoms with Crippen molar-refractivity contribution in [3.8, 4) is 0 Å². The van der Waals surface area contributed by atoms with Gasteiger partial charge in [0.1, 0.15) is 5.82 Å². The van der Waals surface area contributed by atoms with Gasteiger partial charge in [-0.15, -0.1) is 0 Å². The molecule has 9 heteroatoms. The number of amides is 1. The van der Waals surface area contributed by atoms with E-state index in [2.05, 4.69) is 26.2 Å². The van der Waals surface area contributed by atoms with E-state index < -0.39 is 6.10 Å². The van der Waals surface area contributed by atoms with E-state index in [-0.39, 0.29) is 23.3 Å². The second-order valence-electron chi connectivity index (χ2n) is 10.1. The molecule has 8 nitrogen and oxygen atoms in total. The Labute approximate surface area is 204 Å². The molecule has 1 amide bonds. The number of pyridine rings is 1. The molecule has 182 valence electrons. The van der Waals surface area contributed by atoms with Crippen LogP contribution in [0.5, 0.6) is 0 Å². The molecule has 1 spiro atoms. The Hall–Kier alpha value is -1.97. The highest BCUT2D eigenvalue weighted by molar-refractivity contribution is 6.34. The normalized spacial score (nSPS) is 29.0. The van der Waals surface area contributed by atoms with Crippen molar-refractivity contribution in [1.29, 1.82) is 0 Å². The minimum absolute atomic E-state index is 0.0646. The molecular weight excluding hydrogens is 456 g/mol. The zero-order chi connectivity index (χ0) is 23.3. The first kappa shape index (κ1) is 22.5. The predicted octanol–water partition coefficient (Wildman–Crippen LogP) is 2.53. The van der Waals surface area contributed by atoms with Gasteiger partial charge in [0, 0.05) is 56.9 Å². The predicted molar refractivity (Wildman–Crippen MR) is 130 cm³/mol. The number of ether oxygens (including phenoxy) is 2. The zero-order valence-corrected chi connectivity index (χ0v) is 20.0. The molecule has 4 heterocycles. The second-order valence-corrected chi connectivity index (χ2v) is 10.5. The topological polar surface area (TPSA) is 87.2 Å². The number of nitrogens with one attached hydrogen (secondary N) is 1. The molecule has 1 aromatic heterocycles. The molecule has 1 aromatic carbocycles. The highest BCUT2D eigenvalue weighted by Crippen LogP contribution is 2.59. The van der Waals surface area contributed by atoms with E-state index in [0.29, 0.717) is 24.1 Å². The lowest BCUT2D eigenvalue weighted by Gasteiger charge is -2.39. The number of halogens is 1. The number of hydrogen-bond acceptors (Lipinski definition) is 7. The highest BCUT2D eigenvalue weighted by Gasteiger charge is 2.58. The number of hydrogen-bond donors (Lipinski definition) is 2. The quantitative estimate of drug-likeness (QED) is 0.686. The lowest BCUT2D eigenvalue weighted by Crippen LogP contribution is -2.53. The first-order chi connectivity index (χ1) is 16.5. The third-order valence-corrected chi connectivity index (χ3v) is 8.48. The summed E-state index contributed by atoms with van der Waals surface area (Å²) >= 11 is 6.66. The summed E-state index contributed by atoms with van der Waals surface area (Å²) in [6.45, 7) is 5.89. The van der Waals surface area contributed by atoms with Crippen LogP contribution in [-0.2, 0) is 14.3 Å². The van der Waals surface area contributed by atoms with Crippen LogP contribution >= 0.6 is 11.6 Å². The van der Waals surface area contributed by atoms with Gasteiger partial charge in [-0.25, -0.2) is 4.98 Å². The van der Waals surface area contributed by atoms with Crippen LogP contribution in [0.2, 0.25) is 5.02 Å². The van der Waals surface area contributed by atoms with Gasteiger partial charge < -0.3 is 24.8 Å². The fourth-order valence-corrected chi connectivity index (χ4v) is 6.19. The fraction of sp³-hybridized carbons (Fsp3) is 0.600. The summed E-state index contributed by atoms with van der Waals surface area (Å²) in [5, 5.41) is 15.8. The van der Waals surface area contributed by atoms with Crippen molar-refractivity contribution in [2.75, 3.05) is 62.8 Å². The lowest BCUT2D eigenvalue weighted by molar-refractivity contribution is -0.118. The molecule has 3 saturated heterocycles. The molecule has 1 aliphatic carbocycles. The Kier molecular flexibility index (Phi) is 5.90. The van der Waals surface area contributed by atoms with E-state index in [4.69, 9.17) is 21.1 Å². The molecule has 2 N–H and O–H groups in total. The summed E-state index contributed by atoms with van der Waals surface area (Å²) in [6.07, 6.45) is 4.26. The molecule has 2 aromatic rings. The minimum Gasteiger partial charge on any atom is -0.389 e. The zero-order valence-electron chi connectivity index (χ0n) is 19.2. The largest absolute Gasteiger partial charge is 0.389 e. The summed E-state index contributed by atoms with van der Waals surface area (Å²) in [4.78, 5) is 21.9. The molecular formula is C25H31ClN4O4. The summed E-state index contributed by atoms with van der Waals surface area (Å²) in [5.41, 5.74) is 1.13. The lowest BCUT2D eigenvalue weighted by atomic mass is 9.93. The van der Waals surface area contributed by atoms with E-state index in [1.807, 2.05) is 12.1 Å². The SMILES string of the molecule is O=C(Nc1cc2cc(N3CCN([C@@H]4COC[C@@H]4O)CC3)c(Cl)cc2cn1)[C@H]1CC12CCOCC2. The van der Waals surface area contributed by atoms with E-state index in [9.17, 15) is 9.90 Å². The van der Waals surface area contributed by atoms with Crippen molar-refractivity contribution in [2.45, 2.75) is 31.4 Å². The van der Waals surface area contributed by atoms with Crippen LogP contribution in [-0.4, -0.2) is 85.6 Å². The number of carbonyl (C=O) groups excluding carboxylic acids is 1. The summed E-state index contributed by atoms with van der Waals surface area (Å²) in [5.74, 6) is 0.715. The van der Waals surface area contributed by atoms with Crippen molar-refractivity contribution in [3.05, 3.63) is 29.4 Å². The number of piperazine rings is 1. The Bertz CT molecular complexity index is 1080. The maximum Gasteiger partial charge on any atom is 0.229 e. The van der Waals surface area contributed by atoms with Gasteiger partial charge in [0.2, 0.25) is 5.91 Å². The summed E-state index contributed by atoms with van der Waals surface area (Å²) in [7, 11) is 0. The number of carbonyl (C=O) groups is 1. The van der Waals surface area contributed by atoms with Gasteiger partial charge in [-0.05, 0) is 48.3 Å². The number of nitrogens with zero attached hydrogens (tertiary/aromatic N) is 3. The van der Waals surface area contributed by atoms with Gasteiger partial charge in [-0.3, -0.25) is 9.69 Å². The second kappa shape index (κ2) is 8.91. The molecule has 0 bridgehead atoms. The fourth-order valence-electron chi connectivity index (χ4n) is 5.90. The molecule has 0 unspecified atom stereocenters. The van der Waals surface area contributed by atoms with Crippen molar-refractivity contribution in [1.82, 2.24) is 9.88 Å². The van der Waals surface area contributed by atoms with Gasteiger partial charge >= 0.3 is 0 Å². The average Bonchev–Trinajstić information content (AvgIpc) is 3.36. The Morgan fingerprint density at radius 2 is 1.88 bits per heavy atom. The molecule has 3 aliphatic heterocycles. The molecule has 1 saturated carbocycles. The van der Waals surface area contributed by atoms with E-state index >= 15 is 0 Å². The van der Waals surface area contributed by atoms with Gasteiger partial charge in [0.15, 0.2) is 0 Å². The maximum atomic E-state index is 12.9. The third kappa shape index (κ3) is 4.16. The van der Waals surface area contributed by atoms with Crippen LogP contribution in [0.4, 0.5) is 11.5 Å². The van der Waals surface area contributed by atoms with Gasteiger partial charge in [-0.1, -0.05) is 11.6 Å². The van der Waals surface area contributed by atoms with Gasteiger partial charge in [-0.2, -0.15) is 0 Å². The van der Waals surface area contributed by atoms with Crippen LogP contribution in [0.15, 0.2) is 24.4 Å². The summed E-state index contributed by atoms with van der Waals surface area (Å²) < 4.78 is 10.9. The van der Waals surface area contributed by atoms with Crippen LogP contribution in [0.25, 0.3) is 10.8 Å². The van der Waals surface area contributed by atoms with Gasteiger partial charge in [0.25, 0.3) is 0 Å². The summed E-state index contributed by atoms with van der Waals surface area (Å²) in [6, 6.07) is 6.06. The molecule has 34 heavy (non-hydrogen) atoms. The van der Waals surface area contributed by atoms with E-state index in [0.717, 1.165) is 75.1 Å². The standard InChI is InChI=1S/C25H31ClN4O4/c26-19-9-17-13-27-23(28-24(32)18-12-25(18)1-7-33-8-2-25)11-16(17)10-20(19)29-3-5-30(6-4-29)21-14-34-15-22(21)31/h9-11,13,18,21-22,31H,1-8,12,14-15H2,(H,27,28,32)/t18-,21-,22+/m1/s1. The first-order valence-corrected chi connectivity index (χ1v) is 12.6. The average molecular weight is 487 g/mol. The number of aliphatic hydroxyl groups is 1. The Balaban J connectivity index is 1.15. The van der Waals surface area contributed by atoms with Crippen molar-refractivity contribution < 1.29 is 19.4 Å². The smallest absolute Gasteiger partial charge is 0.229 e. The van der Waals surface area contributed by atoms with E-state index in [1.54, 1.807) is 6.20 Å². The van der Waals surface area contributed by atoms with Crippen molar-refractivity contribution in [3.63, 3.8) is 0 Å². The maximum absolute atomic E-state index is 12.9. The van der Waals surface area contributed by atoms with Crippen LogP contribution in [0.3, 0.4) is 0 Å². The number of fused-ring (bicyclic) bond motifs is 1. The molecule has 3 atom stereocenters. The number of aromatic nitrogens is 1. The highest BCUT2D eigenvalue weighted by atomic mass is 35.5. The first-order valence-electron chi connectivity index (χ1n) is 12.3. The Morgan fingerprint density at radius 1 is 1.09 bits per heavy atom. The minimum atomic E-state index is -0.408. The van der Waals surface area contributed by atoms with Crippen LogP contribution < -0.4 is 10.2 Å². The number of rotatable bonds is 4. The third-order valence-electron chi connectivity index (χ3n) is 8.18. The Morgan fingerprint density at radius 3 is 2.62 bits per heavy atom. The molecule has 4 fully saturated rings. The monoisotopic (exact) mass is 486 g/mol. The molecule has 0 radical (unpaired) electrons. The van der Waals surface area contributed by atoms with E-state index in [1.165, 1.54) is 0 Å². The molecule has 6 rings (SSSR count). The molecule has 4 aliphatic rings. The van der Waals surface area contributed by atoms with Gasteiger partial charge in [0.05, 0.1) is 36.1 Å². The number of anilines is 2. The number of aliphatic hydroxyl groups excluding tert-OH is 1. The van der Waals surface area contributed by atoms with Crippen molar-refractivity contribution >= 4 is 39.8 Å². The van der Waals surface area contributed by atoms with Crippen molar-refractivity contribution in [2.24, 2.45) is 11.3 Å².